The van der Waals surface area contributed by atoms with Gasteiger partial charge in [-0.15, -0.1) is 11.3 Å². The van der Waals surface area contributed by atoms with Gasteiger partial charge >= 0.3 is 10.1 Å². The summed E-state index contributed by atoms with van der Waals surface area (Å²) in [6, 6.07) is 5.81. The van der Waals surface area contributed by atoms with E-state index >= 15 is 0 Å². The molecule has 16 heteroatoms. The van der Waals surface area contributed by atoms with Crippen molar-refractivity contribution in [2.24, 2.45) is 4.99 Å². The number of nitrogens with zero attached hydrogens (tertiary/aromatic N) is 5. The number of thiazole rings is 1. The molecule has 3 aromatic rings. The highest BCUT2D eigenvalue weighted by Crippen LogP contribution is 2.32. The number of amides is 1. The molecule has 1 N–H and O–H groups in total. The van der Waals surface area contributed by atoms with E-state index in [9.17, 15) is 30.8 Å². The van der Waals surface area contributed by atoms with Gasteiger partial charge in [0, 0.05) is 36.5 Å². The minimum Gasteiger partial charge on any atom is -0.382 e. The number of hydrogen-bond acceptors (Lipinski definition) is 9. The fraction of sp³-hybridized carbons (Fsp3) is 0.440. The zero-order valence-corrected chi connectivity index (χ0v) is 23.4. The summed E-state index contributed by atoms with van der Waals surface area (Å²) >= 11 is 1.47. The number of piperidine rings is 1. The van der Waals surface area contributed by atoms with Crippen LogP contribution in [0.25, 0.3) is 0 Å². The number of carbonyl (C=O) groups excluding carboxylic acids is 1. The Balaban J connectivity index is 1.21. The van der Waals surface area contributed by atoms with Crippen molar-refractivity contribution >= 4 is 33.2 Å². The Labute approximate surface area is 237 Å². The van der Waals surface area contributed by atoms with Gasteiger partial charge in [-0.05, 0) is 30.5 Å². The molecule has 0 spiro atoms. The third-order valence-electron chi connectivity index (χ3n) is 6.84. The van der Waals surface area contributed by atoms with Crippen LogP contribution in [0.5, 0.6) is 5.75 Å². The van der Waals surface area contributed by atoms with E-state index in [-0.39, 0.29) is 18.2 Å². The van der Waals surface area contributed by atoms with E-state index in [0.29, 0.717) is 60.3 Å². The van der Waals surface area contributed by atoms with Gasteiger partial charge in [-0.2, -0.15) is 13.5 Å². The molecule has 41 heavy (non-hydrogen) atoms. The van der Waals surface area contributed by atoms with Crippen LogP contribution in [0.2, 0.25) is 0 Å². The molecule has 1 amide bonds. The number of fused-ring (bicyclic) bond motifs is 1. The van der Waals surface area contributed by atoms with Crippen molar-refractivity contribution in [2.75, 3.05) is 19.3 Å². The molecule has 0 saturated carbocycles. The standard InChI is InChI=1S/C25H26F4N6O4S2/c1-41(37,38)39-20-4-2-3-15-10-30-24(31-11-16(15)20)18-13-40-25(32-18)14-5-7-34(8-6-14)21(36)12-35-19(23(28)29)9-17(33-35)22(26)27/h2-4,9,13-14,22-23H,5-8,10-12H2,1H3,(H,30,31). The van der Waals surface area contributed by atoms with Crippen LogP contribution in [0.1, 0.15) is 64.8 Å². The molecule has 220 valence electrons. The maximum atomic E-state index is 13.3. The van der Waals surface area contributed by atoms with Gasteiger partial charge in [-0.3, -0.25) is 14.5 Å². The molecule has 10 nitrogen and oxygen atoms in total. The number of benzene rings is 1. The SMILES string of the molecule is CS(=O)(=O)Oc1cccc2c1CN=C(c1csc(C3CCN(C(=O)Cn4nc(C(F)F)cc4C(F)F)CC3)n1)NC2. The van der Waals surface area contributed by atoms with Crippen molar-refractivity contribution in [1.82, 2.24) is 25.0 Å². The van der Waals surface area contributed by atoms with Crippen molar-refractivity contribution in [3.05, 3.63) is 62.9 Å². The Morgan fingerprint density at radius 3 is 2.63 bits per heavy atom. The van der Waals surface area contributed by atoms with Gasteiger partial charge in [0.15, 0.2) is 0 Å². The third kappa shape index (κ3) is 6.69. The van der Waals surface area contributed by atoms with E-state index in [1.165, 1.54) is 16.2 Å². The largest absolute Gasteiger partial charge is 0.382 e. The van der Waals surface area contributed by atoms with E-state index < -0.39 is 46.8 Å². The monoisotopic (exact) mass is 614 g/mol. The van der Waals surface area contributed by atoms with Crippen LogP contribution >= 0.6 is 11.3 Å². The number of amidine groups is 1. The van der Waals surface area contributed by atoms with E-state index in [0.717, 1.165) is 16.8 Å². The van der Waals surface area contributed by atoms with Gasteiger partial charge in [-0.25, -0.2) is 22.5 Å². The summed E-state index contributed by atoms with van der Waals surface area (Å²) in [6.07, 6.45) is -3.86. The Hall–Kier alpha value is -3.53. The van der Waals surface area contributed by atoms with Crippen LogP contribution in [0.15, 0.2) is 34.6 Å². The van der Waals surface area contributed by atoms with Crippen LogP contribution in [-0.4, -0.2) is 59.2 Å². The lowest BCUT2D eigenvalue weighted by molar-refractivity contribution is -0.133. The van der Waals surface area contributed by atoms with Crippen molar-refractivity contribution in [3.8, 4) is 5.75 Å². The first-order valence-corrected chi connectivity index (χ1v) is 15.3. The zero-order chi connectivity index (χ0) is 29.3. The smallest absolute Gasteiger partial charge is 0.306 e. The molecule has 5 rings (SSSR count). The lowest BCUT2D eigenvalue weighted by Gasteiger charge is -2.31. The van der Waals surface area contributed by atoms with E-state index in [1.807, 2.05) is 11.4 Å². The average Bonchev–Trinajstić information content (AvgIpc) is 3.51. The molecule has 2 aliphatic rings. The zero-order valence-electron chi connectivity index (χ0n) is 21.8. The lowest BCUT2D eigenvalue weighted by Crippen LogP contribution is -2.40. The first-order chi connectivity index (χ1) is 19.5. The van der Waals surface area contributed by atoms with Gasteiger partial charge in [-0.1, -0.05) is 12.1 Å². The summed E-state index contributed by atoms with van der Waals surface area (Å²) < 4.78 is 81.5. The highest BCUT2D eigenvalue weighted by molar-refractivity contribution is 7.86. The Morgan fingerprint density at radius 1 is 1.20 bits per heavy atom. The Morgan fingerprint density at radius 2 is 1.95 bits per heavy atom. The van der Waals surface area contributed by atoms with Gasteiger partial charge in [0.25, 0.3) is 12.9 Å². The summed E-state index contributed by atoms with van der Waals surface area (Å²) in [5.74, 6) is 0.413. The summed E-state index contributed by atoms with van der Waals surface area (Å²) in [5.41, 5.74) is 0.685. The van der Waals surface area contributed by atoms with E-state index in [2.05, 4.69) is 15.4 Å². The molecule has 1 saturated heterocycles. The predicted molar refractivity (Wildman–Crippen MR) is 142 cm³/mol. The second-order valence-corrected chi connectivity index (χ2v) is 12.1. The summed E-state index contributed by atoms with van der Waals surface area (Å²) in [4.78, 5) is 23.6. The number of aromatic nitrogens is 3. The number of alkyl halides is 4. The first-order valence-electron chi connectivity index (χ1n) is 12.6. The molecule has 0 aliphatic carbocycles. The molecule has 4 heterocycles. The summed E-state index contributed by atoms with van der Waals surface area (Å²) in [5, 5.41) is 9.50. The number of nitrogens with one attached hydrogen (secondary N) is 1. The number of aliphatic imine (C=N–C) groups is 1. The van der Waals surface area contributed by atoms with Gasteiger partial charge in [0.2, 0.25) is 5.91 Å². The maximum absolute atomic E-state index is 13.3. The van der Waals surface area contributed by atoms with Gasteiger partial charge < -0.3 is 14.4 Å². The van der Waals surface area contributed by atoms with Crippen molar-refractivity contribution in [3.63, 3.8) is 0 Å². The number of halogens is 4. The lowest BCUT2D eigenvalue weighted by atomic mass is 9.97. The topological polar surface area (TPSA) is 119 Å². The minimum absolute atomic E-state index is 0.0721. The highest BCUT2D eigenvalue weighted by atomic mass is 32.2. The molecular formula is C25H26F4N6O4S2. The van der Waals surface area contributed by atoms with E-state index in [4.69, 9.17) is 9.17 Å². The summed E-state index contributed by atoms with van der Waals surface area (Å²) in [6.45, 7) is 0.805. The van der Waals surface area contributed by atoms with Crippen LogP contribution in [0.4, 0.5) is 17.6 Å². The molecule has 2 aromatic heterocycles. The molecule has 2 aliphatic heterocycles. The average molecular weight is 615 g/mol. The molecule has 0 radical (unpaired) electrons. The van der Waals surface area contributed by atoms with Crippen molar-refractivity contribution < 1.29 is 35.0 Å². The molecule has 0 atom stereocenters. The molecule has 0 bridgehead atoms. The second-order valence-electron chi connectivity index (χ2n) is 9.68. The number of likely N-dealkylation sites (tertiary alicyclic amines) is 1. The summed E-state index contributed by atoms with van der Waals surface area (Å²) in [7, 11) is -3.70. The maximum Gasteiger partial charge on any atom is 0.306 e. The fourth-order valence-corrected chi connectivity index (χ4v) is 6.27. The van der Waals surface area contributed by atoms with Crippen LogP contribution in [0, 0.1) is 0 Å². The van der Waals surface area contributed by atoms with Gasteiger partial charge in [0.05, 0.1) is 17.8 Å². The van der Waals surface area contributed by atoms with Crippen LogP contribution in [-0.2, 0) is 34.5 Å². The van der Waals surface area contributed by atoms with E-state index in [1.54, 1.807) is 12.1 Å². The van der Waals surface area contributed by atoms with Crippen molar-refractivity contribution in [1.29, 1.82) is 0 Å². The van der Waals surface area contributed by atoms with Crippen LogP contribution in [0.3, 0.4) is 0 Å². The second kappa shape index (κ2) is 11.8. The van der Waals surface area contributed by atoms with Crippen LogP contribution < -0.4 is 9.50 Å². The first kappa shape index (κ1) is 29.0. The van der Waals surface area contributed by atoms with Crippen molar-refractivity contribution in [2.45, 2.75) is 51.2 Å². The third-order valence-corrected chi connectivity index (χ3v) is 8.33. The molecule has 0 unspecified atom stereocenters. The predicted octanol–water partition coefficient (Wildman–Crippen LogP) is 4.01. The minimum atomic E-state index is -3.70. The van der Waals surface area contributed by atoms with Gasteiger partial charge in [0.1, 0.15) is 35.2 Å². The highest BCUT2D eigenvalue weighted by Gasteiger charge is 2.29. The Kier molecular flexibility index (Phi) is 8.31. The quantitative estimate of drug-likeness (QED) is 0.301. The molecule has 1 aromatic carbocycles. The fourth-order valence-electron chi connectivity index (χ4n) is 4.81. The molecular weight excluding hydrogens is 588 g/mol. The number of rotatable bonds is 8. The number of hydrogen-bond donors (Lipinski definition) is 1. The number of carbonyl (C=O) groups is 1. The Bertz CT molecular complexity index is 1570. The normalized spacial score (nSPS) is 16.4. The molecule has 1 fully saturated rings.